The van der Waals surface area contributed by atoms with Gasteiger partial charge >= 0.3 is 0 Å². The highest BCUT2D eigenvalue weighted by molar-refractivity contribution is 5.30. The van der Waals surface area contributed by atoms with Crippen LogP contribution in [0.25, 0.3) is 0 Å². The van der Waals surface area contributed by atoms with E-state index in [1.807, 2.05) is 37.3 Å². The van der Waals surface area contributed by atoms with Crippen LogP contribution >= 0.6 is 0 Å². The third kappa shape index (κ3) is 2.87. The summed E-state index contributed by atoms with van der Waals surface area (Å²) in [5.41, 5.74) is 7.22. The summed E-state index contributed by atoms with van der Waals surface area (Å²) in [6.45, 7) is 2.22. The number of nitrogens with two attached hydrogens (primary N) is 1. The standard InChI is InChI=1S/C15H16FNO/c1-11(13-5-3-2-4-6-13)18-15-8-7-12(10-17)9-14(15)16/h2-9,11H,10,17H2,1H3. The molecule has 0 radical (unpaired) electrons. The van der Waals surface area contributed by atoms with Gasteiger partial charge in [0.05, 0.1) is 0 Å². The Balaban J connectivity index is 2.14. The van der Waals surface area contributed by atoms with Gasteiger partial charge in [-0.15, -0.1) is 0 Å². The Labute approximate surface area is 106 Å². The molecule has 1 unspecified atom stereocenters. The van der Waals surface area contributed by atoms with Crippen LogP contribution in [0.1, 0.15) is 24.2 Å². The molecule has 0 heterocycles. The highest BCUT2D eigenvalue weighted by atomic mass is 19.1. The Morgan fingerprint density at radius 1 is 1.17 bits per heavy atom. The fourth-order valence-corrected chi connectivity index (χ4v) is 1.75. The van der Waals surface area contributed by atoms with Crippen LogP contribution in [-0.4, -0.2) is 0 Å². The monoisotopic (exact) mass is 245 g/mol. The molecule has 0 fully saturated rings. The van der Waals surface area contributed by atoms with Crippen molar-refractivity contribution in [3.8, 4) is 5.75 Å². The summed E-state index contributed by atoms with van der Waals surface area (Å²) in [5, 5.41) is 0. The lowest BCUT2D eigenvalue weighted by Crippen LogP contribution is -2.05. The van der Waals surface area contributed by atoms with E-state index in [-0.39, 0.29) is 17.7 Å². The van der Waals surface area contributed by atoms with Crippen molar-refractivity contribution in [1.82, 2.24) is 0 Å². The molecule has 2 N–H and O–H groups in total. The number of halogens is 1. The molecule has 94 valence electrons. The van der Waals surface area contributed by atoms with Crippen molar-refractivity contribution in [2.24, 2.45) is 5.73 Å². The van der Waals surface area contributed by atoms with E-state index in [9.17, 15) is 4.39 Å². The van der Waals surface area contributed by atoms with Crippen molar-refractivity contribution in [1.29, 1.82) is 0 Å². The van der Waals surface area contributed by atoms with Crippen LogP contribution in [0.5, 0.6) is 5.75 Å². The Kier molecular flexibility index (Phi) is 3.95. The fraction of sp³-hybridized carbons (Fsp3) is 0.200. The number of rotatable bonds is 4. The van der Waals surface area contributed by atoms with E-state index in [4.69, 9.17) is 10.5 Å². The molecule has 2 aromatic rings. The van der Waals surface area contributed by atoms with Gasteiger partial charge in [0, 0.05) is 6.54 Å². The van der Waals surface area contributed by atoms with Gasteiger partial charge in [0.15, 0.2) is 11.6 Å². The summed E-state index contributed by atoms with van der Waals surface area (Å²) in [7, 11) is 0. The maximum absolute atomic E-state index is 13.7. The highest BCUT2D eigenvalue weighted by Crippen LogP contribution is 2.24. The van der Waals surface area contributed by atoms with E-state index in [0.717, 1.165) is 11.1 Å². The van der Waals surface area contributed by atoms with E-state index < -0.39 is 0 Å². The average molecular weight is 245 g/mol. The molecule has 2 aromatic carbocycles. The Morgan fingerprint density at radius 3 is 2.50 bits per heavy atom. The van der Waals surface area contributed by atoms with Crippen molar-refractivity contribution in [3.63, 3.8) is 0 Å². The van der Waals surface area contributed by atoms with E-state index in [1.165, 1.54) is 6.07 Å². The van der Waals surface area contributed by atoms with Crippen LogP contribution in [0.4, 0.5) is 4.39 Å². The maximum Gasteiger partial charge on any atom is 0.165 e. The van der Waals surface area contributed by atoms with Gasteiger partial charge in [0.2, 0.25) is 0 Å². The predicted molar refractivity (Wildman–Crippen MR) is 69.8 cm³/mol. The molecule has 3 heteroatoms. The van der Waals surface area contributed by atoms with E-state index >= 15 is 0 Å². The second-order valence-electron chi connectivity index (χ2n) is 4.14. The largest absolute Gasteiger partial charge is 0.483 e. The topological polar surface area (TPSA) is 35.2 Å². The summed E-state index contributed by atoms with van der Waals surface area (Å²) in [6.07, 6.45) is -0.190. The zero-order valence-corrected chi connectivity index (χ0v) is 10.3. The molecular formula is C15H16FNO. The number of benzene rings is 2. The molecule has 1 atom stereocenters. The number of ether oxygens (including phenoxy) is 1. The smallest absolute Gasteiger partial charge is 0.165 e. The Morgan fingerprint density at radius 2 is 1.89 bits per heavy atom. The Hall–Kier alpha value is -1.87. The van der Waals surface area contributed by atoms with Gasteiger partial charge < -0.3 is 10.5 Å². The molecule has 0 aromatic heterocycles. The number of hydrogen-bond donors (Lipinski definition) is 1. The molecule has 0 amide bonds. The van der Waals surface area contributed by atoms with Crippen molar-refractivity contribution in [3.05, 3.63) is 65.5 Å². The first-order valence-electron chi connectivity index (χ1n) is 5.91. The van der Waals surface area contributed by atoms with Crippen LogP contribution in [0.3, 0.4) is 0 Å². The minimum absolute atomic E-state index is 0.190. The van der Waals surface area contributed by atoms with Crippen molar-refractivity contribution in [2.75, 3.05) is 0 Å². The molecule has 0 aliphatic carbocycles. The van der Waals surface area contributed by atoms with Crippen molar-refractivity contribution < 1.29 is 9.13 Å². The molecule has 0 saturated heterocycles. The average Bonchev–Trinajstić information content (AvgIpc) is 2.42. The van der Waals surface area contributed by atoms with Gasteiger partial charge in [-0.25, -0.2) is 4.39 Å². The minimum atomic E-state index is -0.374. The molecule has 2 nitrogen and oxygen atoms in total. The van der Waals surface area contributed by atoms with Crippen LogP contribution in [-0.2, 0) is 6.54 Å². The molecule has 2 rings (SSSR count). The first kappa shape index (κ1) is 12.6. The zero-order valence-electron chi connectivity index (χ0n) is 10.3. The van der Waals surface area contributed by atoms with Gasteiger partial charge in [-0.1, -0.05) is 36.4 Å². The Bertz CT molecular complexity index is 513. The summed E-state index contributed by atoms with van der Waals surface area (Å²) in [4.78, 5) is 0. The van der Waals surface area contributed by atoms with Crippen LogP contribution in [0.2, 0.25) is 0 Å². The van der Waals surface area contributed by atoms with Gasteiger partial charge in [-0.05, 0) is 30.2 Å². The molecule has 18 heavy (non-hydrogen) atoms. The van der Waals surface area contributed by atoms with Crippen LogP contribution in [0, 0.1) is 5.82 Å². The second kappa shape index (κ2) is 5.65. The normalized spacial score (nSPS) is 12.2. The predicted octanol–water partition coefficient (Wildman–Crippen LogP) is 3.42. The van der Waals surface area contributed by atoms with E-state index in [2.05, 4.69) is 0 Å². The fourth-order valence-electron chi connectivity index (χ4n) is 1.75. The first-order chi connectivity index (χ1) is 8.70. The van der Waals surface area contributed by atoms with Crippen LogP contribution in [0.15, 0.2) is 48.5 Å². The zero-order chi connectivity index (χ0) is 13.0. The number of hydrogen-bond acceptors (Lipinski definition) is 2. The minimum Gasteiger partial charge on any atom is -0.483 e. The molecule has 0 bridgehead atoms. The van der Waals surface area contributed by atoms with Gasteiger partial charge in [-0.2, -0.15) is 0 Å². The SMILES string of the molecule is CC(Oc1ccc(CN)cc1F)c1ccccc1. The molecule has 0 saturated carbocycles. The summed E-state index contributed by atoms with van der Waals surface area (Å²) < 4.78 is 19.3. The third-order valence-corrected chi connectivity index (χ3v) is 2.80. The lowest BCUT2D eigenvalue weighted by atomic mass is 10.1. The molecular weight excluding hydrogens is 229 g/mol. The lowest BCUT2D eigenvalue weighted by Gasteiger charge is -2.15. The van der Waals surface area contributed by atoms with Crippen molar-refractivity contribution >= 4 is 0 Å². The summed E-state index contributed by atoms with van der Waals surface area (Å²) in [6, 6.07) is 14.5. The van der Waals surface area contributed by atoms with E-state index in [1.54, 1.807) is 12.1 Å². The molecule has 0 spiro atoms. The second-order valence-corrected chi connectivity index (χ2v) is 4.14. The quantitative estimate of drug-likeness (QED) is 0.895. The maximum atomic E-state index is 13.7. The van der Waals surface area contributed by atoms with Gasteiger partial charge in [0.25, 0.3) is 0 Å². The van der Waals surface area contributed by atoms with Gasteiger partial charge in [-0.3, -0.25) is 0 Å². The summed E-state index contributed by atoms with van der Waals surface area (Å²) in [5.74, 6) is -0.121. The third-order valence-electron chi connectivity index (χ3n) is 2.80. The first-order valence-corrected chi connectivity index (χ1v) is 5.91. The highest BCUT2D eigenvalue weighted by Gasteiger charge is 2.10. The van der Waals surface area contributed by atoms with Crippen LogP contribution < -0.4 is 10.5 Å². The van der Waals surface area contributed by atoms with E-state index in [0.29, 0.717) is 6.54 Å². The molecule has 0 aliphatic heterocycles. The summed E-state index contributed by atoms with van der Waals surface area (Å²) >= 11 is 0. The lowest BCUT2D eigenvalue weighted by molar-refractivity contribution is 0.216. The van der Waals surface area contributed by atoms with Gasteiger partial charge in [0.1, 0.15) is 6.10 Å². The molecule has 0 aliphatic rings. The van der Waals surface area contributed by atoms with Crippen molar-refractivity contribution in [2.45, 2.75) is 19.6 Å².